The first-order valence-electron chi connectivity index (χ1n) is 7.61. The van der Waals surface area contributed by atoms with Crippen LogP contribution in [0, 0.1) is 20.8 Å². The van der Waals surface area contributed by atoms with Crippen molar-refractivity contribution in [2.75, 3.05) is 20.0 Å². The number of imidazole rings is 1. The fraction of sp³-hybridized carbons (Fsp3) is 0.278. The van der Waals surface area contributed by atoms with Gasteiger partial charge in [-0.05, 0) is 55.8 Å². The van der Waals surface area contributed by atoms with Crippen LogP contribution in [0.5, 0.6) is 11.5 Å². The smallest absolute Gasteiger partial charge is 0.171 e. The topological polar surface area (TPSA) is 73.2 Å². The average Bonchev–Trinajstić information content (AvgIpc) is 2.99. The minimum atomic E-state index is 0.772. The Morgan fingerprint density at radius 3 is 2.46 bits per heavy atom. The number of anilines is 1. The molecule has 0 saturated heterocycles. The van der Waals surface area contributed by atoms with Crippen molar-refractivity contribution in [1.29, 1.82) is 0 Å². The number of nitrogens with one attached hydrogen (secondary N) is 1. The standard InChI is InChI=1S/C18H21N3O2S/c1-9-10(2)16(23-5)11(3)17(15(9)19)24-18-20-13-7-6-12(22-4)8-14(13)21-18/h6-8H,19H2,1-5H3,(H,20,21). The van der Waals surface area contributed by atoms with Gasteiger partial charge in [-0.25, -0.2) is 4.98 Å². The number of nitrogens with zero attached hydrogens (tertiary/aromatic N) is 1. The molecule has 1 aromatic heterocycles. The van der Waals surface area contributed by atoms with E-state index in [1.165, 1.54) is 11.8 Å². The van der Waals surface area contributed by atoms with Crippen molar-refractivity contribution in [2.24, 2.45) is 0 Å². The number of nitrogen functional groups attached to an aromatic ring is 1. The maximum Gasteiger partial charge on any atom is 0.171 e. The van der Waals surface area contributed by atoms with Crippen molar-refractivity contribution in [3.8, 4) is 11.5 Å². The molecule has 0 radical (unpaired) electrons. The van der Waals surface area contributed by atoms with Crippen LogP contribution in [0.4, 0.5) is 5.69 Å². The summed E-state index contributed by atoms with van der Waals surface area (Å²) in [5.41, 5.74) is 12.1. The molecule has 0 atom stereocenters. The molecule has 0 spiro atoms. The van der Waals surface area contributed by atoms with Gasteiger partial charge in [0, 0.05) is 22.2 Å². The molecule has 0 aliphatic rings. The first-order valence-corrected chi connectivity index (χ1v) is 8.42. The predicted molar refractivity (Wildman–Crippen MR) is 98.4 cm³/mol. The monoisotopic (exact) mass is 343 g/mol. The highest BCUT2D eigenvalue weighted by molar-refractivity contribution is 7.99. The molecule has 126 valence electrons. The number of hydrogen-bond acceptors (Lipinski definition) is 5. The number of rotatable bonds is 4. The van der Waals surface area contributed by atoms with Crippen LogP contribution in [0.3, 0.4) is 0 Å². The van der Waals surface area contributed by atoms with Gasteiger partial charge in [0.25, 0.3) is 0 Å². The third-order valence-corrected chi connectivity index (χ3v) is 5.42. The maximum atomic E-state index is 6.36. The molecule has 0 aliphatic carbocycles. The van der Waals surface area contributed by atoms with Gasteiger partial charge >= 0.3 is 0 Å². The number of benzene rings is 2. The maximum absolute atomic E-state index is 6.36. The minimum absolute atomic E-state index is 0.772. The van der Waals surface area contributed by atoms with E-state index in [-0.39, 0.29) is 0 Å². The zero-order valence-corrected chi connectivity index (χ0v) is 15.3. The van der Waals surface area contributed by atoms with Crippen LogP contribution < -0.4 is 15.2 Å². The van der Waals surface area contributed by atoms with E-state index in [4.69, 9.17) is 15.2 Å². The van der Waals surface area contributed by atoms with Gasteiger partial charge < -0.3 is 20.2 Å². The second-order valence-electron chi connectivity index (χ2n) is 5.68. The minimum Gasteiger partial charge on any atom is -0.497 e. The van der Waals surface area contributed by atoms with Crippen LogP contribution in [0.2, 0.25) is 0 Å². The summed E-state index contributed by atoms with van der Waals surface area (Å²) in [6.45, 7) is 6.06. The Kier molecular flexibility index (Phi) is 4.32. The van der Waals surface area contributed by atoms with Gasteiger partial charge in [0.15, 0.2) is 5.16 Å². The van der Waals surface area contributed by atoms with Crippen molar-refractivity contribution in [3.05, 3.63) is 34.9 Å². The lowest BCUT2D eigenvalue weighted by molar-refractivity contribution is 0.407. The number of hydrogen-bond donors (Lipinski definition) is 2. The molecule has 3 N–H and O–H groups in total. The summed E-state index contributed by atoms with van der Waals surface area (Å²) in [5, 5.41) is 0.790. The number of fused-ring (bicyclic) bond motifs is 1. The van der Waals surface area contributed by atoms with Crippen LogP contribution in [-0.2, 0) is 0 Å². The Balaban J connectivity index is 2.06. The summed E-state index contributed by atoms with van der Waals surface area (Å²) in [4.78, 5) is 8.92. The summed E-state index contributed by atoms with van der Waals surface area (Å²) in [5.74, 6) is 1.67. The molecule has 0 aliphatic heterocycles. The largest absolute Gasteiger partial charge is 0.497 e. The van der Waals surface area contributed by atoms with Gasteiger partial charge in [0.05, 0.1) is 25.3 Å². The number of H-pyrrole nitrogens is 1. The highest BCUT2D eigenvalue weighted by atomic mass is 32.2. The normalized spacial score (nSPS) is 11.0. The van der Waals surface area contributed by atoms with Crippen LogP contribution in [0.1, 0.15) is 16.7 Å². The van der Waals surface area contributed by atoms with Gasteiger partial charge in [-0.15, -0.1) is 0 Å². The van der Waals surface area contributed by atoms with E-state index in [2.05, 4.69) is 9.97 Å². The molecule has 0 bridgehead atoms. The SMILES string of the molecule is COc1ccc2nc(Sc3c(C)c(OC)c(C)c(C)c3N)[nH]c2c1. The zero-order valence-electron chi connectivity index (χ0n) is 14.5. The number of aromatic nitrogens is 2. The number of aromatic amines is 1. The second-order valence-corrected chi connectivity index (χ2v) is 6.68. The Bertz CT molecular complexity index is 919. The predicted octanol–water partition coefficient (Wildman–Crippen LogP) is 4.24. The average molecular weight is 343 g/mol. The van der Waals surface area contributed by atoms with Crippen molar-refractivity contribution < 1.29 is 9.47 Å². The van der Waals surface area contributed by atoms with Crippen LogP contribution in [-0.4, -0.2) is 24.2 Å². The molecule has 5 nitrogen and oxygen atoms in total. The Labute approximate surface area is 145 Å². The van der Waals surface area contributed by atoms with Crippen LogP contribution in [0.15, 0.2) is 28.3 Å². The Morgan fingerprint density at radius 1 is 1.04 bits per heavy atom. The van der Waals surface area contributed by atoms with Gasteiger partial charge in [0.1, 0.15) is 11.5 Å². The fourth-order valence-corrected chi connectivity index (χ4v) is 3.81. The molecule has 3 rings (SSSR count). The van der Waals surface area contributed by atoms with E-state index < -0.39 is 0 Å². The third kappa shape index (κ3) is 2.67. The molecule has 2 aromatic carbocycles. The Hall–Kier alpha value is -2.34. The van der Waals surface area contributed by atoms with Crippen molar-refractivity contribution in [2.45, 2.75) is 30.8 Å². The highest BCUT2D eigenvalue weighted by Crippen LogP contribution is 2.42. The van der Waals surface area contributed by atoms with Gasteiger partial charge in [-0.1, -0.05) is 0 Å². The number of nitrogens with two attached hydrogens (primary N) is 1. The molecule has 0 fully saturated rings. The van der Waals surface area contributed by atoms with Gasteiger partial charge in [-0.2, -0.15) is 0 Å². The summed E-state index contributed by atoms with van der Waals surface area (Å²) in [7, 11) is 3.34. The fourth-order valence-electron chi connectivity index (χ4n) is 2.80. The molecule has 1 heterocycles. The third-order valence-electron chi connectivity index (χ3n) is 4.30. The van der Waals surface area contributed by atoms with Crippen LogP contribution in [0.25, 0.3) is 11.0 Å². The quantitative estimate of drug-likeness (QED) is 0.693. The highest BCUT2D eigenvalue weighted by Gasteiger charge is 2.18. The Morgan fingerprint density at radius 2 is 1.79 bits per heavy atom. The lowest BCUT2D eigenvalue weighted by Crippen LogP contribution is -2.02. The summed E-state index contributed by atoms with van der Waals surface area (Å²) in [6, 6.07) is 5.77. The van der Waals surface area contributed by atoms with Crippen molar-refractivity contribution in [1.82, 2.24) is 9.97 Å². The molecular formula is C18H21N3O2S. The van der Waals surface area contributed by atoms with Gasteiger partial charge in [-0.3, -0.25) is 0 Å². The molecule has 0 saturated carbocycles. The van der Waals surface area contributed by atoms with E-state index >= 15 is 0 Å². The van der Waals surface area contributed by atoms with Crippen LogP contribution >= 0.6 is 11.8 Å². The molecule has 0 unspecified atom stereocenters. The molecule has 24 heavy (non-hydrogen) atoms. The van der Waals surface area contributed by atoms with Crippen molar-refractivity contribution >= 4 is 28.5 Å². The molecular weight excluding hydrogens is 322 g/mol. The van der Waals surface area contributed by atoms with Gasteiger partial charge in [0.2, 0.25) is 0 Å². The lowest BCUT2D eigenvalue weighted by atomic mass is 10.0. The lowest BCUT2D eigenvalue weighted by Gasteiger charge is -2.18. The van der Waals surface area contributed by atoms with E-state index in [9.17, 15) is 0 Å². The zero-order chi connectivity index (χ0) is 17.4. The molecule has 0 amide bonds. The summed E-state index contributed by atoms with van der Waals surface area (Å²) in [6.07, 6.45) is 0. The van der Waals surface area contributed by atoms with Crippen molar-refractivity contribution in [3.63, 3.8) is 0 Å². The van der Waals surface area contributed by atoms with E-state index in [0.29, 0.717) is 0 Å². The number of ether oxygens (including phenoxy) is 2. The molecule has 6 heteroatoms. The first kappa shape index (κ1) is 16.5. The molecule has 3 aromatic rings. The first-order chi connectivity index (χ1) is 11.5. The van der Waals surface area contributed by atoms with E-state index in [0.717, 1.165) is 55.0 Å². The van der Waals surface area contributed by atoms with E-state index in [1.54, 1.807) is 14.2 Å². The second kappa shape index (κ2) is 6.28. The van der Waals surface area contributed by atoms with E-state index in [1.807, 2.05) is 39.0 Å². The number of methoxy groups -OCH3 is 2. The summed E-state index contributed by atoms with van der Waals surface area (Å²) >= 11 is 1.52. The summed E-state index contributed by atoms with van der Waals surface area (Å²) < 4.78 is 10.8.